The molecule has 0 atom stereocenters. The SMILES string of the molecule is Cn1ccc(-c2ccc(CN3Cc4sccc4C3=O)c(F)c2)n1. The summed E-state index contributed by atoms with van der Waals surface area (Å²) in [4.78, 5) is 15.0. The molecule has 4 nitrogen and oxygen atoms in total. The van der Waals surface area contributed by atoms with E-state index < -0.39 is 0 Å². The molecule has 1 aromatic carbocycles. The average Bonchev–Trinajstić information content (AvgIpc) is 3.21. The predicted octanol–water partition coefficient (Wildman–Crippen LogP) is 3.44. The van der Waals surface area contributed by atoms with E-state index in [1.807, 2.05) is 36.8 Å². The number of thiophene rings is 1. The number of aryl methyl sites for hydroxylation is 1. The summed E-state index contributed by atoms with van der Waals surface area (Å²) in [5, 5.41) is 6.19. The number of benzene rings is 1. The van der Waals surface area contributed by atoms with Crippen molar-refractivity contribution in [2.75, 3.05) is 0 Å². The van der Waals surface area contributed by atoms with Crippen LogP contribution < -0.4 is 0 Å². The van der Waals surface area contributed by atoms with Crippen LogP contribution in [-0.4, -0.2) is 20.6 Å². The Bertz CT molecular complexity index is 899. The van der Waals surface area contributed by atoms with E-state index in [0.717, 1.165) is 21.7 Å². The molecule has 23 heavy (non-hydrogen) atoms. The highest BCUT2D eigenvalue weighted by Gasteiger charge is 2.28. The fourth-order valence-electron chi connectivity index (χ4n) is 2.81. The van der Waals surface area contributed by atoms with Gasteiger partial charge >= 0.3 is 0 Å². The van der Waals surface area contributed by atoms with Crippen molar-refractivity contribution in [2.45, 2.75) is 13.1 Å². The number of halogens is 1. The van der Waals surface area contributed by atoms with Crippen molar-refractivity contribution in [1.29, 1.82) is 0 Å². The van der Waals surface area contributed by atoms with Crippen LogP contribution in [-0.2, 0) is 20.1 Å². The summed E-state index contributed by atoms with van der Waals surface area (Å²) in [7, 11) is 1.83. The van der Waals surface area contributed by atoms with Crippen molar-refractivity contribution >= 4 is 17.2 Å². The van der Waals surface area contributed by atoms with Crippen LogP contribution in [0.3, 0.4) is 0 Å². The highest BCUT2D eigenvalue weighted by molar-refractivity contribution is 7.10. The third kappa shape index (κ3) is 2.45. The highest BCUT2D eigenvalue weighted by Crippen LogP contribution is 2.29. The largest absolute Gasteiger partial charge is 0.329 e. The van der Waals surface area contributed by atoms with Gasteiger partial charge in [-0.3, -0.25) is 9.48 Å². The van der Waals surface area contributed by atoms with E-state index in [1.54, 1.807) is 27.0 Å². The lowest BCUT2D eigenvalue weighted by Gasteiger charge is -2.16. The van der Waals surface area contributed by atoms with Gasteiger partial charge in [0.1, 0.15) is 5.82 Å². The Balaban J connectivity index is 1.56. The van der Waals surface area contributed by atoms with Crippen molar-refractivity contribution in [3.63, 3.8) is 0 Å². The molecule has 1 aliphatic heterocycles. The molecule has 2 aromatic heterocycles. The van der Waals surface area contributed by atoms with Crippen LogP contribution in [0.1, 0.15) is 20.8 Å². The van der Waals surface area contributed by atoms with Crippen LogP contribution >= 0.6 is 11.3 Å². The lowest BCUT2D eigenvalue weighted by molar-refractivity contribution is 0.0765. The van der Waals surface area contributed by atoms with E-state index in [1.165, 1.54) is 6.07 Å². The molecule has 0 spiro atoms. The lowest BCUT2D eigenvalue weighted by Crippen LogP contribution is -2.23. The van der Waals surface area contributed by atoms with Gasteiger partial charge in [-0.2, -0.15) is 5.10 Å². The van der Waals surface area contributed by atoms with E-state index in [0.29, 0.717) is 12.1 Å². The van der Waals surface area contributed by atoms with Gasteiger partial charge < -0.3 is 4.90 Å². The van der Waals surface area contributed by atoms with Crippen LogP contribution in [0.5, 0.6) is 0 Å². The van der Waals surface area contributed by atoms with Gasteiger partial charge in [0.15, 0.2) is 0 Å². The fraction of sp³-hybridized carbons (Fsp3) is 0.176. The maximum atomic E-state index is 14.4. The molecule has 1 amide bonds. The summed E-state index contributed by atoms with van der Waals surface area (Å²) in [6.45, 7) is 0.849. The molecule has 0 saturated carbocycles. The summed E-state index contributed by atoms with van der Waals surface area (Å²) in [5.41, 5.74) is 2.74. The third-order valence-electron chi connectivity index (χ3n) is 4.02. The highest BCUT2D eigenvalue weighted by atomic mass is 32.1. The molecule has 0 unspecified atom stereocenters. The quantitative estimate of drug-likeness (QED) is 0.739. The van der Waals surface area contributed by atoms with E-state index in [-0.39, 0.29) is 18.3 Å². The average molecular weight is 327 g/mol. The Hall–Kier alpha value is -2.47. The number of nitrogens with zero attached hydrogens (tertiary/aromatic N) is 3. The van der Waals surface area contributed by atoms with E-state index >= 15 is 0 Å². The first-order chi connectivity index (χ1) is 11.1. The molecular weight excluding hydrogens is 313 g/mol. The molecular formula is C17H14FN3OS. The van der Waals surface area contributed by atoms with Crippen molar-refractivity contribution in [2.24, 2.45) is 7.05 Å². The van der Waals surface area contributed by atoms with Gasteiger partial charge in [0, 0.05) is 35.8 Å². The molecule has 0 aliphatic carbocycles. The minimum atomic E-state index is -0.309. The smallest absolute Gasteiger partial charge is 0.255 e. The van der Waals surface area contributed by atoms with Crippen LogP contribution in [0.4, 0.5) is 4.39 Å². The molecule has 6 heteroatoms. The Labute approximate surface area is 136 Å². The van der Waals surface area contributed by atoms with Gasteiger partial charge in [0.2, 0.25) is 0 Å². The van der Waals surface area contributed by atoms with Crippen molar-refractivity contribution in [3.8, 4) is 11.3 Å². The second-order valence-corrected chi connectivity index (χ2v) is 6.60. The summed E-state index contributed by atoms with van der Waals surface area (Å²) in [5.74, 6) is -0.328. The normalized spacial score (nSPS) is 13.7. The van der Waals surface area contributed by atoms with Gasteiger partial charge in [0.05, 0.1) is 17.8 Å². The monoisotopic (exact) mass is 327 g/mol. The number of aromatic nitrogens is 2. The molecule has 0 N–H and O–H groups in total. The zero-order chi connectivity index (χ0) is 16.0. The number of hydrogen-bond acceptors (Lipinski definition) is 3. The van der Waals surface area contributed by atoms with Gasteiger partial charge in [-0.05, 0) is 23.6 Å². The minimum Gasteiger partial charge on any atom is -0.329 e. The van der Waals surface area contributed by atoms with Gasteiger partial charge in [-0.25, -0.2) is 4.39 Å². The first kappa shape index (κ1) is 14.1. The first-order valence-electron chi connectivity index (χ1n) is 7.26. The van der Waals surface area contributed by atoms with Crippen molar-refractivity contribution in [3.05, 3.63) is 63.7 Å². The van der Waals surface area contributed by atoms with Crippen LogP contribution in [0.15, 0.2) is 41.9 Å². The standard InChI is InChI=1S/C17H14FN3OS/c1-20-6-4-15(19-20)11-2-3-12(14(18)8-11)9-21-10-16-13(17(21)22)5-7-23-16/h2-8H,9-10H2,1H3. The second kappa shape index (κ2) is 5.31. The van der Waals surface area contributed by atoms with Gasteiger partial charge in [0.25, 0.3) is 5.91 Å². The Kier molecular flexibility index (Phi) is 3.27. The maximum absolute atomic E-state index is 14.4. The van der Waals surface area contributed by atoms with Crippen molar-refractivity contribution in [1.82, 2.24) is 14.7 Å². The van der Waals surface area contributed by atoms with Crippen LogP contribution in [0, 0.1) is 5.82 Å². The summed E-state index contributed by atoms with van der Waals surface area (Å²) in [6.07, 6.45) is 1.82. The predicted molar refractivity (Wildman–Crippen MR) is 86.5 cm³/mol. The number of hydrogen-bond donors (Lipinski definition) is 0. The number of carbonyl (C=O) groups is 1. The Morgan fingerprint density at radius 2 is 2.17 bits per heavy atom. The van der Waals surface area contributed by atoms with E-state index in [2.05, 4.69) is 5.10 Å². The third-order valence-corrected chi connectivity index (χ3v) is 4.93. The van der Waals surface area contributed by atoms with Gasteiger partial charge in [-0.1, -0.05) is 12.1 Å². The van der Waals surface area contributed by atoms with Crippen LogP contribution in [0.25, 0.3) is 11.3 Å². The maximum Gasteiger partial charge on any atom is 0.255 e. The molecule has 116 valence electrons. The molecule has 0 fully saturated rings. The van der Waals surface area contributed by atoms with E-state index in [4.69, 9.17) is 0 Å². The minimum absolute atomic E-state index is 0.0190. The second-order valence-electron chi connectivity index (χ2n) is 5.60. The lowest BCUT2D eigenvalue weighted by atomic mass is 10.1. The Morgan fingerprint density at radius 3 is 2.87 bits per heavy atom. The summed E-state index contributed by atoms with van der Waals surface area (Å²) < 4.78 is 16.1. The molecule has 3 heterocycles. The number of carbonyl (C=O) groups excluding carboxylic acids is 1. The molecule has 0 bridgehead atoms. The van der Waals surface area contributed by atoms with Gasteiger partial charge in [-0.15, -0.1) is 11.3 Å². The molecule has 3 aromatic rings. The summed E-state index contributed by atoms with van der Waals surface area (Å²) >= 11 is 1.57. The summed E-state index contributed by atoms with van der Waals surface area (Å²) in [6, 6.07) is 8.74. The van der Waals surface area contributed by atoms with Crippen molar-refractivity contribution < 1.29 is 9.18 Å². The molecule has 1 aliphatic rings. The number of amides is 1. The molecule has 0 radical (unpaired) electrons. The molecule has 0 saturated heterocycles. The zero-order valence-electron chi connectivity index (χ0n) is 12.5. The fourth-order valence-corrected chi connectivity index (χ4v) is 3.69. The zero-order valence-corrected chi connectivity index (χ0v) is 13.3. The van der Waals surface area contributed by atoms with E-state index in [9.17, 15) is 9.18 Å². The van der Waals surface area contributed by atoms with Crippen LogP contribution in [0.2, 0.25) is 0 Å². The first-order valence-corrected chi connectivity index (χ1v) is 8.14. The Morgan fingerprint density at radius 1 is 1.30 bits per heavy atom. The molecule has 4 rings (SSSR count). The number of rotatable bonds is 3. The number of fused-ring (bicyclic) bond motifs is 1. The topological polar surface area (TPSA) is 38.1 Å².